The summed E-state index contributed by atoms with van der Waals surface area (Å²) >= 11 is 0. The molecule has 0 aromatic heterocycles. The highest BCUT2D eigenvalue weighted by atomic mass is 32.3. The van der Waals surface area contributed by atoms with Crippen LogP contribution in [0.3, 0.4) is 0 Å². The van der Waals surface area contributed by atoms with E-state index in [1.807, 2.05) is 0 Å². The van der Waals surface area contributed by atoms with Crippen LogP contribution >= 0.6 is 0 Å². The topological polar surface area (TPSA) is 100 Å². The number of hydrogen-bond acceptors (Lipinski definition) is 5. The molecule has 23 heavy (non-hydrogen) atoms. The van der Waals surface area contributed by atoms with Gasteiger partial charge in [-0.25, -0.2) is 0 Å². The summed E-state index contributed by atoms with van der Waals surface area (Å²) in [4.78, 5) is 0. The highest BCUT2D eigenvalue weighted by Gasteiger charge is 2.01. The molecule has 0 saturated heterocycles. The molecule has 0 aliphatic rings. The molecule has 0 aromatic rings. The summed E-state index contributed by atoms with van der Waals surface area (Å²) in [5.41, 5.74) is 0. The van der Waals surface area contributed by atoms with Gasteiger partial charge in [0.15, 0.2) is 0 Å². The molecule has 1 atom stereocenters. The molecule has 0 fully saturated rings. The molecular weight excluding hydrogens is 316 g/mol. The third-order valence-corrected chi connectivity index (χ3v) is 3.91. The van der Waals surface area contributed by atoms with Crippen LogP contribution in [0.1, 0.15) is 97.3 Å². The zero-order valence-electron chi connectivity index (χ0n) is 15.0. The monoisotopic (exact) mass is 352 g/mol. The highest BCUT2D eigenvalue weighted by molar-refractivity contribution is 7.79. The molecule has 0 aromatic carbocycles. The van der Waals surface area contributed by atoms with Crippen molar-refractivity contribution in [1.82, 2.24) is 0 Å². The number of hydrogen-bond donors (Lipinski definition) is 1. The van der Waals surface area contributed by atoms with Gasteiger partial charge in [-0.15, -0.1) is 0 Å². The molecule has 1 unspecified atom stereocenters. The first-order valence-corrected chi connectivity index (χ1v) is 10.4. The Balaban J connectivity index is 0. The van der Waals surface area contributed by atoms with Crippen LogP contribution in [0.25, 0.3) is 0 Å². The smallest absolute Gasteiger partial charge is 0.0431 e. The minimum atomic E-state index is -5.17. The summed E-state index contributed by atoms with van der Waals surface area (Å²) < 4.78 is 34.1. The minimum absolute atomic E-state index is 0.366. The van der Waals surface area contributed by atoms with Gasteiger partial charge >= 0.3 is 0 Å². The summed E-state index contributed by atoms with van der Waals surface area (Å²) in [6.45, 7) is 5.01. The van der Waals surface area contributed by atoms with Crippen LogP contribution in [0.2, 0.25) is 0 Å². The van der Waals surface area contributed by atoms with Gasteiger partial charge in [0, 0.05) is 17.0 Å². The second-order valence-corrected chi connectivity index (χ2v) is 7.17. The number of rotatable bonds is 14. The van der Waals surface area contributed by atoms with Gasteiger partial charge in [0.2, 0.25) is 0 Å². The van der Waals surface area contributed by atoms with Crippen molar-refractivity contribution in [2.24, 2.45) is 5.92 Å². The van der Waals surface area contributed by atoms with Crippen molar-refractivity contribution in [1.29, 1.82) is 0 Å². The van der Waals surface area contributed by atoms with Crippen LogP contribution in [0.15, 0.2) is 0 Å². The Morgan fingerprint density at radius 2 is 1.13 bits per heavy atom. The van der Waals surface area contributed by atoms with Gasteiger partial charge in [0.05, 0.1) is 0 Å². The molecule has 0 saturated carbocycles. The van der Waals surface area contributed by atoms with Crippen LogP contribution in [-0.4, -0.2) is 29.2 Å². The Morgan fingerprint density at radius 3 is 1.52 bits per heavy atom. The van der Waals surface area contributed by atoms with Gasteiger partial charge in [0.1, 0.15) is 0 Å². The first-order valence-electron chi connectivity index (χ1n) is 9.08. The normalized spacial score (nSPS) is 12.6. The van der Waals surface area contributed by atoms with Gasteiger partial charge in [-0.1, -0.05) is 90.9 Å². The van der Waals surface area contributed by atoms with E-state index >= 15 is 0 Å². The Labute approximate surface area is 143 Å². The lowest BCUT2D eigenvalue weighted by atomic mass is 9.97. The summed E-state index contributed by atoms with van der Waals surface area (Å²) in [6, 6.07) is 0. The molecule has 142 valence electrons. The molecule has 5 nitrogen and oxygen atoms in total. The van der Waals surface area contributed by atoms with E-state index in [-0.39, 0.29) is 0 Å². The maximum absolute atomic E-state index is 8.73. The molecule has 0 aliphatic carbocycles. The van der Waals surface area contributed by atoms with E-state index in [2.05, 4.69) is 13.8 Å². The second kappa shape index (κ2) is 18.2. The van der Waals surface area contributed by atoms with Crippen molar-refractivity contribution in [3.05, 3.63) is 0 Å². The molecule has 1 N–H and O–H groups in total. The van der Waals surface area contributed by atoms with E-state index < -0.39 is 10.4 Å². The van der Waals surface area contributed by atoms with Crippen LogP contribution in [0.5, 0.6) is 0 Å². The van der Waals surface area contributed by atoms with Crippen LogP contribution in [0, 0.1) is 5.92 Å². The van der Waals surface area contributed by atoms with E-state index in [0.29, 0.717) is 6.61 Å². The van der Waals surface area contributed by atoms with Crippen LogP contribution in [0.4, 0.5) is 0 Å². The number of unbranched alkanes of at least 4 members (excludes halogenated alkanes) is 9. The van der Waals surface area contributed by atoms with E-state index in [4.69, 9.17) is 22.6 Å². The highest BCUT2D eigenvalue weighted by Crippen LogP contribution is 2.17. The standard InChI is InChI=1S/C17H36O.H2O4S/c1-3-4-5-6-7-8-9-10-11-14-17(2)15-12-13-16-18;1-5(2,3)4/h17-18H,3-16H2,1-2H3;(H2,1,2,3,4)/p-2. The molecule has 0 bridgehead atoms. The van der Waals surface area contributed by atoms with E-state index in [1.54, 1.807) is 0 Å². The van der Waals surface area contributed by atoms with Gasteiger partial charge < -0.3 is 14.2 Å². The summed E-state index contributed by atoms with van der Waals surface area (Å²) in [6.07, 6.45) is 17.7. The Morgan fingerprint density at radius 1 is 0.783 bits per heavy atom. The zero-order valence-corrected chi connectivity index (χ0v) is 15.8. The SMILES string of the molecule is CCCCCCCCCCCC(C)CCCCO.O=S(=O)([O-])[O-]. The average molecular weight is 353 g/mol. The first kappa shape index (κ1) is 25.1. The lowest BCUT2D eigenvalue weighted by Crippen LogP contribution is -1.96. The van der Waals surface area contributed by atoms with Crippen LogP contribution in [-0.2, 0) is 10.4 Å². The molecule has 0 amide bonds. The van der Waals surface area contributed by atoms with Crippen LogP contribution < -0.4 is 0 Å². The van der Waals surface area contributed by atoms with Gasteiger partial charge in [0.25, 0.3) is 0 Å². The number of aliphatic hydroxyl groups excluding tert-OH is 1. The van der Waals surface area contributed by atoms with Gasteiger partial charge in [-0.2, -0.15) is 0 Å². The summed E-state index contributed by atoms with van der Waals surface area (Å²) in [5, 5.41) is 8.73. The fourth-order valence-electron chi connectivity index (χ4n) is 2.55. The molecular formula is C17H36O5S-2. The predicted octanol–water partition coefficient (Wildman–Crippen LogP) is 4.37. The van der Waals surface area contributed by atoms with Crippen molar-refractivity contribution < 1.29 is 22.6 Å². The minimum Gasteiger partial charge on any atom is -0.759 e. The molecule has 0 aliphatic heterocycles. The third-order valence-electron chi connectivity index (χ3n) is 3.91. The maximum atomic E-state index is 8.73. The largest absolute Gasteiger partial charge is 0.759 e. The zero-order chi connectivity index (χ0) is 18.0. The number of aliphatic hydroxyl groups is 1. The van der Waals surface area contributed by atoms with Crippen molar-refractivity contribution in [2.45, 2.75) is 97.3 Å². The van der Waals surface area contributed by atoms with Crippen molar-refractivity contribution >= 4 is 10.4 Å². The third kappa shape index (κ3) is 34.3. The van der Waals surface area contributed by atoms with E-state index in [1.165, 1.54) is 77.0 Å². The molecule has 6 heteroatoms. The van der Waals surface area contributed by atoms with E-state index in [9.17, 15) is 0 Å². The first-order chi connectivity index (χ1) is 10.8. The quantitative estimate of drug-likeness (QED) is 0.284. The fourth-order valence-corrected chi connectivity index (χ4v) is 2.55. The lowest BCUT2D eigenvalue weighted by Gasteiger charge is -2.10. The second-order valence-electron chi connectivity index (χ2n) is 6.35. The molecule has 0 rings (SSSR count). The van der Waals surface area contributed by atoms with Crippen molar-refractivity contribution in [3.63, 3.8) is 0 Å². The van der Waals surface area contributed by atoms with Crippen molar-refractivity contribution in [2.75, 3.05) is 6.61 Å². The Kier molecular flexibility index (Phi) is 19.8. The summed E-state index contributed by atoms with van der Waals surface area (Å²) in [7, 11) is -5.17. The fraction of sp³-hybridized carbons (Fsp3) is 1.00. The Bertz CT molecular complexity index is 309. The van der Waals surface area contributed by atoms with Gasteiger partial charge in [-0.3, -0.25) is 8.42 Å². The van der Waals surface area contributed by atoms with Gasteiger partial charge in [-0.05, 0) is 12.3 Å². The Hall–Kier alpha value is -0.170. The molecule has 0 spiro atoms. The van der Waals surface area contributed by atoms with Crippen molar-refractivity contribution in [3.8, 4) is 0 Å². The van der Waals surface area contributed by atoms with E-state index in [0.717, 1.165) is 12.3 Å². The summed E-state index contributed by atoms with van der Waals surface area (Å²) in [5.74, 6) is 0.862. The molecule has 0 radical (unpaired) electrons. The maximum Gasteiger partial charge on any atom is 0.0431 e. The molecule has 0 heterocycles. The predicted molar refractivity (Wildman–Crippen MR) is 92.4 cm³/mol. The lowest BCUT2D eigenvalue weighted by molar-refractivity contribution is 0.277. The average Bonchev–Trinajstić information content (AvgIpc) is 2.44.